The molecule has 1 aromatic carbocycles. The van der Waals surface area contributed by atoms with E-state index in [0.29, 0.717) is 11.6 Å². The monoisotopic (exact) mass is 420 g/mol. The first-order chi connectivity index (χ1) is 14.1. The fourth-order valence-corrected chi connectivity index (χ4v) is 2.81. The fourth-order valence-electron chi connectivity index (χ4n) is 2.81. The molecule has 30 heavy (non-hydrogen) atoms. The number of nitrogens with two attached hydrogens (primary N) is 2. The predicted molar refractivity (Wildman–Crippen MR) is 103 cm³/mol. The second-order valence-corrected chi connectivity index (χ2v) is 6.22. The molecular formula is C19H21FN4O6. The van der Waals surface area contributed by atoms with E-state index in [1.165, 1.54) is 37.3 Å². The number of aliphatic carboxylic acids is 2. The second kappa shape index (κ2) is 9.09. The minimum Gasteiger partial charge on any atom is -0.478 e. The largest absolute Gasteiger partial charge is 0.478 e. The Balaban J connectivity index is 2.47. The normalized spacial score (nSPS) is 18.9. The lowest BCUT2D eigenvalue weighted by molar-refractivity contribution is -0.140. The number of rotatable bonds is 8. The van der Waals surface area contributed by atoms with Crippen molar-refractivity contribution in [2.24, 2.45) is 11.5 Å². The van der Waals surface area contributed by atoms with Crippen molar-refractivity contribution in [2.45, 2.75) is 19.1 Å². The van der Waals surface area contributed by atoms with E-state index in [2.05, 4.69) is 10.6 Å². The van der Waals surface area contributed by atoms with E-state index >= 15 is 0 Å². The SMILES string of the molecule is CCOC(=O)C1=C(N)C=C(NCc2ccc(F)cc2)NC1(N)C(=CC(=O)O)C(=O)O. The molecule has 1 unspecified atom stereocenters. The van der Waals surface area contributed by atoms with Crippen molar-refractivity contribution >= 4 is 17.9 Å². The number of hydrogen-bond donors (Lipinski definition) is 6. The highest BCUT2D eigenvalue weighted by atomic mass is 19.1. The van der Waals surface area contributed by atoms with Crippen LogP contribution in [0.15, 0.2) is 59.1 Å². The summed E-state index contributed by atoms with van der Waals surface area (Å²) in [6.07, 6.45) is 1.66. The third kappa shape index (κ3) is 4.94. The molecule has 10 nitrogen and oxygen atoms in total. The maximum Gasteiger partial charge on any atom is 0.340 e. The van der Waals surface area contributed by atoms with Gasteiger partial charge in [0.1, 0.15) is 17.2 Å². The summed E-state index contributed by atoms with van der Waals surface area (Å²) in [5.41, 5.74) is 9.04. The molecule has 0 aliphatic carbocycles. The number of carboxylic acids is 2. The summed E-state index contributed by atoms with van der Waals surface area (Å²) < 4.78 is 18.0. The van der Waals surface area contributed by atoms with Crippen molar-refractivity contribution in [3.8, 4) is 0 Å². The number of esters is 1. The summed E-state index contributed by atoms with van der Waals surface area (Å²) in [4.78, 5) is 35.3. The maximum absolute atomic E-state index is 13.0. The Kier molecular flexibility index (Phi) is 6.80. The van der Waals surface area contributed by atoms with Crippen LogP contribution in [0.3, 0.4) is 0 Å². The van der Waals surface area contributed by atoms with Gasteiger partial charge in [-0.25, -0.2) is 18.8 Å². The molecule has 1 atom stereocenters. The van der Waals surface area contributed by atoms with Crippen LogP contribution in [0.2, 0.25) is 0 Å². The number of carboxylic acid groups (broad SMARTS) is 2. The van der Waals surface area contributed by atoms with Gasteiger partial charge in [-0.2, -0.15) is 0 Å². The fraction of sp³-hybridized carbons (Fsp3) is 0.211. The first-order valence-electron chi connectivity index (χ1n) is 8.71. The lowest BCUT2D eigenvalue weighted by Crippen LogP contribution is -2.62. The second-order valence-electron chi connectivity index (χ2n) is 6.22. The zero-order valence-corrected chi connectivity index (χ0v) is 15.9. The molecule has 8 N–H and O–H groups in total. The molecule has 0 bridgehead atoms. The standard InChI is InChI=1S/C19H21FN4O6/c1-2-30-18(29)16-13(21)8-14(23-9-10-3-5-11(20)6-4-10)24-19(16,22)12(17(27)28)7-15(25)26/h3-8,23-24H,2,9,21-22H2,1H3,(H,25,26)(H,27,28). The van der Waals surface area contributed by atoms with Crippen molar-refractivity contribution in [2.75, 3.05) is 6.61 Å². The van der Waals surface area contributed by atoms with Crippen molar-refractivity contribution < 1.29 is 33.7 Å². The number of ether oxygens (including phenoxy) is 1. The number of halogens is 1. The minimum atomic E-state index is -2.31. The van der Waals surface area contributed by atoms with Crippen molar-refractivity contribution in [3.05, 3.63) is 70.5 Å². The summed E-state index contributed by atoms with van der Waals surface area (Å²) >= 11 is 0. The number of benzene rings is 1. The molecule has 1 aliphatic rings. The van der Waals surface area contributed by atoms with Crippen LogP contribution in [-0.4, -0.2) is 40.4 Å². The average molecular weight is 420 g/mol. The summed E-state index contributed by atoms with van der Waals surface area (Å²) in [5.74, 6) is -4.56. The predicted octanol–water partition coefficient (Wildman–Crippen LogP) is -0.114. The van der Waals surface area contributed by atoms with Gasteiger partial charge in [0.15, 0.2) is 5.66 Å². The van der Waals surface area contributed by atoms with Crippen molar-refractivity contribution in [3.63, 3.8) is 0 Å². The summed E-state index contributed by atoms with van der Waals surface area (Å²) in [6.45, 7) is 1.65. The Morgan fingerprint density at radius 1 is 1.27 bits per heavy atom. The number of hydrogen-bond acceptors (Lipinski definition) is 8. The molecule has 11 heteroatoms. The Morgan fingerprint density at radius 2 is 1.90 bits per heavy atom. The summed E-state index contributed by atoms with van der Waals surface area (Å²) in [5, 5.41) is 24.1. The van der Waals surface area contributed by atoms with E-state index in [1.807, 2.05) is 0 Å². The lowest BCUT2D eigenvalue weighted by Gasteiger charge is -2.37. The molecule has 0 saturated heterocycles. The molecule has 2 rings (SSSR count). The van der Waals surface area contributed by atoms with Crippen LogP contribution >= 0.6 is 0 Å². The van der Waals surface area contributed by atoms with E-state index in [4.69, 9.17) is 21.3 Å². The Hall–Kier alpha value is -3.86. The van der Waals surface area contributed by atoms with Gasteiger partial charge in [0.05, 0.1) is 12.2 Å². The van der Waals surface area contributed by atoms with Crippen LogP contribution in [0.25, 0.3) is 0 Å². The first kappa shape index (κ1) is 22.4. The van der Waals surface area contributed by atoms with E-state index in [9.17, 15) is 23.9 Å². The summed E-state index contributed by atoms with van der Waals surface area (Å²) in [6, 6.07) is 5.58. The first-order valence-corrected chi connectivity index (χ1v) is 8.71. The number of carbonyl (C=O) groups excluding carboxylic acids is 1. The van der Waals surface area contributed by atoms with Gasteiger partial charge >= 0.3 is 17.9 Å². The van der Waals surface area contributed by atoms with Gasteiger partial charge in [-0.15, -0.1) is 0 Å². The van der Waals surface area contributed by atoms with Gasteiger partial charge in [-0.05, 0) is 24.6 Å². The van der Waals surface area contributed by atoms with Crippen LogP contribution in [0.4, 0.5) is 4.39 Å². The Labute approximate surface area is 170 Å². The molecule has 1 heterocycles. The number of nitrogens with one attached hydrogen (secondary N) is 2. The molecule has 0 saturated carbocycles. The average Bonchev–Trinajstić information content (AvgIpc) is 2.65. The minimum absolute atomic E-state index is 0.0455. The number of dihydropyridines is 1. The molecule has 0 spiro atoms. The van der Waals surface area contributed by atoms with E-state index in [-0.39, 0.29) is 24.7 Å². The quantitative estimate of drug-likeness (QED) is 0.245. The van der Waals surface area contributed by atoms with Gasteiger partial charge in [0, 0.05) is 24.4 Å². The Bertz CT molecular complexity index is 954. The van der Waals surface area contributed by atoms with Gasteiger partial charge in [-0.3, -0.25) is 0 Å². The highest BCUT2D eigenvalue weighted by Crippen LogP contribution is 2.29. The zero-order valence-electron chi connectivity index (χ0n) is 15.9. The highest BCUT2D eigenvalue weighted by molar-refractivity contribution is 6.02. The van der Waals surface area contributed by atoms with Crippen LogP contribution < -0.4 is 22.1 Å². The molecule has 0 fully saturated rings. The van der Waals surface area contributed by atoms with Gasteiger partial charge in [-0.1, -0.05) is 12.1 Å². The van der Waals surface area contributed by atoms with Crippen LogP contribution in [-0.2, 0) is 25.7 Å². The number of carbonyl (C=O) groups is 3. The molecular weight excluding hydrogens is 399 g/mol. The van der Waals surface area contributed by atoms with Crippen molar-refractivity contribution in [1.82, 2.24) is 10.6 Å². The topological polar surface area (TPSA) is 177 Å². The van der Waals surface area contributed by atoms with Crippen LogP contribution in [0.5, 0.6) is 0 Å². The highest BCUT2D eigenvalue weighted by Gasteiger charge is 2.46. The number of allylic oxidation sites excluding steroid dienone is 1. The lowest BCUT2D eigenvalue weighted by atomic mass is 9.87. The van der Waals surface area contributed by atoms with Crippen LogP contribution in [0.1, 0.15) is 12.5 Å². The smallest absolute Gasteiger partial charge is 0.340 e. The van der Waals surface area contributed by atoms with Crippen molar-refractivity contribution in [1.29, 1.82) is 0 Å². The third-order valence-electron chi connectivity index (χ3n) is 4.11. The van der Waals surface area contributed by atoms with Crippen LogP contribution in [0, 0.1) is 5.82 Å². The summed E-state index contributed by atoms with van der Waals surface area (Å²) in [7, 11) is 0. The van der Waals surface area contributed by atoms with Gasteiger partial charge in [0.25, 0.3) is 0 Å². The molecule has 0 aromatic heterocycles. The maximum atomic E-state index is 13.0. The van der Waals surface area contributed by atoms with Gasteiger partial charge < -0.3 is 37.1 Å². The van der Waals surface area contributed by atoms with Gasteiger partial charge in [0.2, 0.25) is 0 Å². The Morgan fingerprint density at radius 3 is 2.43 bits per heavy atom. The molecule has 1 aromatic rings. The van der Waals surface area contributed by atoms with E-state index in [0.717, 1.165) is 0 Å². The van der Waals surface area contributed by atoms with E-state index in [1.54, 1.807) is 0 Å². The molecule has 1 aliphatic heterocycles. The van der Waals surface area contributed by atoms with E-state index < -0.39 is 40.5 Å². The zero-order chi connectivity index (χ0) is 22.5. The molecule has 0 radical (unpaired) electrons. The third-order valence-corrected chi connectivity index (χ3v) is 4.11. The molecule has 160 valence electrons. The molecule has 0 amide bonds.